The highest BCUT2D eigenvalue weighted by atomic mass is 16.5. The molecule has 2 aliphatic heterocycles. The normalized spacial score (nSPS) is 20.6. The van der Waals surface area contributed by atoms with Crippen molar-refractivity contribution >= 4 is 29.1 Å². The molecule has 1 unspecified atom stereocenters. The van der Waals surface area contributed by atoms with Gasteiger partial charge in [0.15, 0.2) is 11.5 Å². The fourth-order valence-electron chi connectivity index (χ4n) is 4.23. The molecule has 0 saturated carbocycles. The van der Waals surface area contributed by atoms with Crippen molar-refractivity contribution in [3.05, 3.63) is 29.8 Å². The smallest absolute Gasteiger partial charge is 0.210 e. The number of carbonyl (C=O) groups is 1. The number of hydrogen-bond donors (Lipinski definition) is 0. The lowest BCUT2D eigenvalue weighted by atomic mass is 10.0. The van der Waals surface area contributed by atoms with Crippen molar-refractivity contribution in [3.63, 3.8) is 0 Å². The minimum atomic E-state index is 0.0888. The Bertz CT molecular complexity index is 953. The molecule has 2 heterocycles. The lowest BCUT2D eigenvalue weighted by molar-refractivity contribution is -0.117. The van der Waals surface area contributed by atoms with Gasteiger partial charge in [0.1, 0.15) is 6.73 Å². The zero-order valence-electron chi connectivity index (χ0n) is 18.7. The average Bonchev–Trinajstić information content (AvgIpc) is 3.24. The summed E-state index contributed by atoms with van der Waals surface area (Å²) in [5.74, 6) is 1.49. The van der Waals surface area contributed by atoms with Crippen LogP contribution < -0.4 is 9.47 Å². The summed E-state index contributed by atoms with van der Waals surface area (Å²) in [5, 5.41) is 2.15. The molecule has 0 aromatic heterocycles. The first kappa shape index (κ1) is 21.6. The number of ether oxygens (including phenoxy) is 2. The second kappa shape index (κ2) is 9.66. The molecule has 0 radical (unpaired) electrons. The van der Waals surface area contributed by atoms with Gasteiger partial charge in [-0.2, -0.15) is 0 Å². The monoisotopic (exact) mass is 424 g/mol. The Labute approximate surface area is 184 Å². The Balaban J connectivity index is 1.55. The van der Waals surface area contributed by atoms with E-state index in [-0.39, 0.29) is 6.04 Å². The first-order valence-electron chi connectivity index (χ1n) is 11.0. The van der Waals surface area contributed by atoms with Crippen LogP contribution in [0.4, 0.5) is 5.69 Å². The van der Waals surface area contributed by atoms with Gasteiger partial charge in [-0.25, -0.2) is 0 Å². The van der Waals surface area contributed by atoms with E-state index in [1.807, 2.05) is 23.2 Å². The van der Waals surface area contributed by atoms with Gasteiger partial charge in [0.2, 0.25) is 6.41 Å². The number of hydrogen-bond acceptors (Lipinski definition) is 6. The van der Waals surface area contributed by atoms with Crippen LogP contribution in [0.5, 0.6) is 11.5 Å². The van der Waals surface area contributed by atoms with Gasteiger partial charge in [-0.1, -0.05) is 0 Å². The van der Waals surface area contributed by atoms with Gasteiger partial charge >= 0.3 is 0 Å². The number of fused-ring (bicyclic) bond motifs is 1. The Morgan fingerprint density at radius 2 is 1.81 bits per heavy atom. The Hall–Kier alpha value is -2.64. The second-order valence-corrected chi connectivity index (χ2v) is 8.51. The predicted octanol–water partition coefficient (Wildman–Crippen LogP) is 3.06. The number of benzene rings is 2. The van der Waals surface area contributed by atoms with Crippen molar-refractivity contribution in [2.24, 2.45) is 4.99 Å². The zero-order valence-corrected chi connectivity index (χ0v) is 18.7. The molecular formula is C24H32N4O3. The van der Waals surface area contributed by atoms with Gasteiger partial charge in [0, 0.05) is 38.9 Å². The summed E-state index contributed by atoms with van der Waals surface area (Å²) in [7, 11) is 3.82. The first-order chi connectivity index (χ1) is 15.1. The van der Waals surface area contributed by atoms with E-state index in [0.717, 1.165) is 85.5 Å². The molecule has 0 spiro atoms. The third-order valence-electron chi connectivity index (χ3n) is 6.30. The number of amides is 1. The van der Waals surface area contributed by atoms with Crippen molar-refractivity contribution in [2.75, 3.05) is 53.6 Å². The quantitative estimate of drug-likeness (QED) is 0.505. The molecule has 0 N–H and O–H groups in total. The summed E-state index contributed by atoms with van der Waals surface area (Å²) in [6, 6.07) is 8.37. The summed E-state index contributed by atoms with van der Waals surface area (Å²) in [5.41, 5.74) is 2.01. The van der Waals surface area contributed by atoms with E-state index in [4.69, 9.17) is 14.5 Å². The van der Waals surface area contributed by atoms with E-state index in [1.165, 1.54) is 0 Å². The highest BCUT2D eigenvalue weighted by Gasteiger charge is 2.21. The lowest BCUT2D eigenvalue weighted by Gasteiger charge is -2.32. The van der Waals surface area contributed by atoms with E-state index in [0.29, 0.717) is 6.73 Å². The fourth-order valence-corrected chi connectivity index (χ4v) is 4.23. The van der Waals surface area contributed by atoms with Crippen LogP contribution in [0.1, 0.15) is 18.4 Å². The third kappa shape index (κ3) is 4.99. The summed E-state index contributed by atoms with van der Waals surface area (Å²) in [6.07, 6.45) is 4.83. The van der Waals surface area contributed by atoms with Crippen LogP contribution in [0.15, 0.2) is 29.3 Å². The molecule has 31 heavy (non-hydrogen) atoms. The van der Waals surface area contributed by atoms with Gasteiger partial charge < -0.3 is 19.3 Å². The summed E-state index contributed by atoms with van der Waals surface area (Å²) in [6.45, 7) is 7.54. The van der Waals surface area contributed by atoms with Crippen molar-refractivity contribution in [1.29, 1.82) is 0 Å². The predicted molar refractivity (Wildman–Crippen MR) is 124 cm³/mol. The van der Waals surface area contributed by atoms with Gasteiger partial charge in [-0.05, 0) is 67.4 Å². The van der Waals surface area contributed by atoms with E-state index >= 15 is 0 Å². The third-order valence-corrected chi connectivity index (χ3v) is 6.30. The molecule has 7 heteroatoms. The van der Waals surface area contributed by atoms with E-state index in [1.54, 1.807) is 7.11 Å². The number of piperazine rings is 1. The highest BCUT2D eigenvalue weighted by Crippen LogP contribution is 2.35. The summed E-state index contributed by atoms with van der Waals surface area (Å²) in [4.78, 5) is 22.4. The Morgan fingerprint density at radius 3 is 2.55 bits per heavy atom. The van der Waals surface area contributed by atoms with E-state index in [2.05, 4.69) is 35.9 Å². The van der Waals surface area contributed by atoms with Crippen molar-refractivity contribution in [1.82, 2.24) is 14.7 Å². The molecule has 2 aromatic rings. The minimum Gasteiger partial charge on any atom is -0.493 e. The first-order valence-corrected chi connectivity index (χ1v) is 11.0. The van der Waals surface area contributed by atoms with Gasteiger partial charge in [-0.3, -0.25) is 14.7 Å². The maximum atomic E-state index is 11.2. The van der Waals surface area contributed by atoms with Crippen molar-refractivity contribution < 1.29 is 14.3 Å². The van der Waals surface area contributed by atoms with Crippen LogP contribution in [0, 0.1) is 6.92 Å². The molecule has 0 bridgehead atoms. The van der Waals surface area contributed by atoms with Crippen molar-refractivity contribution in [2.45, 2.75) is 25.8 Å². The van der Waals surface area contributed by atoms with Crippen molar-refractivity contribution in [3.8, 4) is 11.5 Å². The average molecular weight is 425 g/mol. The van der Waals surface area contributed by atoms with Crippen LogP contribution >= 0.6 is 0 Å². The molecule has 2 saturated heterocycles. The summed E-state index contributed by atoms with van der Waals surface area (Å²) < 4.78 is 11.7. The Kier molecular flexibility index (Phi) is 6.73. The number of likely N-dealkylation sites (tertiary alicyclic amines) is 1. The molecule has 1 atom stereocenters. The number of rotatable bonds is 7. The molecule has 4 rings (SSSR count). The topological polar surface area (TPSA) is 57.6 Å². The summed E-state index contributed by atoms with van der Waals surface area (Å²) >= 11 is 0. The lowest BCUT2D eigenvalue weighted by Crippen LogP contribution is -2.45. The van der Waals surface area contributed by atoms with Gasteiger partial charge in [0.05, 0.1) is 18.8 Å². The van der Waals surface area contributed by atoms with Crippen LogP contribution in [-0.4, -0.2) is 87.0 Å². The molecular weight excluding hydrogens is 392 g/mol. The van der Waals surface area contributed by atoms with Crippen LogP contribution in [0.3, 0.4) is 0 Å². The molecule has 2 aliphatic rings. The minimum absolute atomic E-state index is 0.0888. The molecule has 1 amide bonds. The van der Waals surface area contributed by atoms with Gasteiger partial charge in [0.25, 0.3) is 0 Å². The van der Waals surface area contributed by atoms with Gasteiger partial charge in [-0.15, -0.1) is 0 Å². The van der Waals surface area contributed by atoms with E-state index < -0.39 is 0 Å². The maximum absolute atomic E-state index is 11.2. The Morgan fingerprint density at radius 1 is 1.06 bits per heavy atom. The molecule has 2 fully saturated rings. The zero-order chi connectivity index (χ0) is 21.8. The molecule has 7 nitrogen and oxygen atoms in total. The largest absolute Gasteiger partial charge is 0.493 e. The second-order valence-electron chi connectivity index (χ2n) is 8.51. The molecule has 166 valence electrons. The molecule has 0 aliphatic carbocycles. The van der Waals surface area contributed by atoms with E-state index in [9.17, 15) is 4.79 Å². The van der Waals surface area contributed by atoms with Crippen LogP contribution in [0.2, 0.25) is 0 Å². The van der Waals surface area contributed by atoms with Crippen LogP contribution in [-0.2, 0) is 4.79 Å². The molecule has 2 aromatic carbocycles. The highest BCUT2D eigenvalue weighted by molar-refractivity contribution is 5.90. The maximum Gasteiger partial charge on any atom is 0.210 e. The van der Waals surface area contributed by atoms with Crippen LogP contribution in [0.25, 0.3) is 10.8 Å². The number of aliphatic imine (C=N–C) groups is 1. The fraction of sp³-hybridized carbons (Fsp3) is 0.500. The number of aryl methyl sites for hydroxylation is 1. The number of likely N-dealkylation sites (N-methyl/N-ethyl adjacent to an activating group) is 1. The number of nitrogens with zero attached hydrogens (tertiary/aromatic N) is 4. The number of methoxy groups -OCH3 is 1. The standard InChI is InChI=1S/C24H32N4O3/c1-18-11-19-13-23(30-3)24(31-17-27-9-7-26(2)8-10-27)14-20(19)12-22(18)25-15-21-5-4-6-28(21)16-29/h11-16,21H,4-10,17H2,1-3H3. The SMILES string of the molecule is COc1cc2cc(C)c(N=CC3CCCN3C=O)cc2cc1OCN1CCN(C)CC1. The number of carbonyl (C=O) groups excluding carboxylic acids is 1.